The molecule has 0 fully saturated rings. The van der Waals surface area contributed by atoms with Crippen molar-refractivity contribution in [3.8, 4) is 5.75 Å². The van der Waals surface area contributed by atoms with Crippen LogP contribution in [0.4, 0.5) is 5.69 Å². The fourth-order valence-corrected chi connectivity index (χ4v) is 2.42. The Kier molecular flexibility index (Phi) is 3.54. The lowest BCUT2D eigenvalue weighted by atomic mass is 10.0. The van der Waals surface area contributed by atoms with Gasteiger partial charge in [0.2, 0.25) is 0 Å². The number of hydrogen-bond acceptors (Lipinski definition) is 4. The summed E-state index contributed by atoms with van der Waals surface area (Å²) in [5, 5.41) is 0. The molecular weight excluding hydrogens is 240 g/mol. The van der Waals surface area contributed by atoms with E-state index < -0.39 is 6.04 Å². The minimum absolute atomic E-state index is 0.0383. The van der Waals surface area contributed by atoms with E-state index in [1.165, 1.54) is 0 Å². The molecule has 1 heterocycles. The zero-order valence-corrected chi connectivity index (χ0v) is 12.1. The van der Waals surface area contributed by atoms with Crippen molar-refractivity contribution >= 4 is 11.5 Å². The summed E-state index contributed by atoms with van der Waals surface area (Å²) in [7, 11) is 0. The third-order valence-electron chi connectivity index (χ3n) is 3.34. The van der Waals surface area contributed by atoms with Gasteiger partial charge in [-0.15, -0.1) is 0 Å². The predicted molar refractivity (Wildman–Crippen MR) is 77.0 cm³/mol. The van der Waals surface area contributed by atoms with E-state index in [0.29, 0.717) is 5.56 Å². The van der Waals surface area contributed by atoms with Crippen LogP contribution in [-0.4, -0.2) is 30.5 Å². The van der Waals surface area contributed by atoms with Crippen molar-refractivity contribution in [3.63, 3.8) is 0 Å². The van der Waals surface area contributed by atoms with Gasteiger partial charge >= 0.3 is 0 Å². The number of anilines is 1. The van der Waals surface area contributed by atoms with Crippen molar-refractivity contribution in [2.24, 2.45) is 5.73 Å². The maximum absolute atomic E-state index is 12.0. The largest absolute Gasteiger partial charge is 0.484 e. The number of benzene rings is 1. The second-order valence-electron chi connectivity index (χ2n) is 5.71. The Morgan fingerprint density at radius 3 is 2.79 bits per heavy atom. The minimum Gasteiger partial charge on any atom is -0.484 e. The number of nitrogens with zero attached hydrogens (tertiary/aromatic N) is 1. The Bertz CT molecular complexity index is 495. The van der Waals surface area contributed by atoms with Crippen LogP contribution in [-0.2, 0) is 0 Å². The second kappa shape index (κ2) is 4.85. The Balaban J connectivity index is 2.42. The number of carbonyl (C=O) groups is 1. The average Bonchev–Trinajstić information content (AvgIpc) is 2.35. The summed E-state index contributed by atoms with van der Waals surface area (Å²) in [4.78, 5) is 14.2. The fraction of sp³-hybridized carbons (Fsp3) is 0.533. The molecule has 4 nitrogen and oxygen atoms in total. The number of ketones is 1. The van der Waals surface area contributed by atoms with Crippen molar-refractivity contribution in [2.45, 2.75) is 39.3 Å². The van der Waals surface area contributed by atoms with Gasteiger partial charge in [-0.1, -0.05) is 0 Å². The zero-order chi connectivity index (χ0) is 14.2. The number of Topliss-reactive ketones (excluding diaryl/α,β-unsaturated/α-hetero) is 1. The van der Waals surface area contributed by atoms with Crippen LogP contribution in [0, 0.1) is 0 Å². The fourth-order valence-electron chi connectivity index (χ4n) is 2.42. The van der Waals surface area contributed by atoms with E-state index in [1.54, 1.807) is 13.0 Å². The van der Waals surface area contributed by atoms with Gasteiger partial charge in [0.05, 0.1) is 18.3 Å². The lowest BCUT2D eigenvalue weighted by molar-refractivity contribution is 0.0966. The molecule has 19 heavy (non-hydrogen) atoms. The van der Waals surface area contributed by atoms with Crippen LogP contribution >= 0.6 is 0 Å². The smallest absolute Gasteiger partial charge is 0.179 e. The van der Waals surface area contributed by atoms with Crippen molar-refractivity contribution in [3.05, 3.63) is 23.8 Å². The van der Waals surface area contributed by atoms with E-state index in [2.05, 4.69) is 25.7 Å². The Morgan fingerprint density at radius 2 is 2.21 bits per heavy atom. The van der Waals surface area contributed by atoms with Gasteiger partial charge in [-0.05, 0) is 45.9 Å². The molecule has 0 aliphatic carbocycles. The molecule has 0 saturated carbocycles. The van der Waals surface area contributed by atoms with Gasteiger partial charge in [-0.3, -0.25) is 4.79 Å². The topological polar surface area (TPSA) is 55.6 Å². The Morgan fingerprint density at radius 1 is 1.53 bits per heavy atom. The quantitative estimate of drug-likeness (QED) is 0.849. The van der Waals surface area contributed by atoms with Crippen LogP contribution in [0.15, 0.2) is 18.2 Å². The summed E-state index contributed by atoms with van der Waals surface area (Å²) in [6, 6.07) is 5.07. The molecule has 1 aromatic carbocycles. The van der Waals surface area contributed by atoms with E-state index in [4.69, 9.17) is 10.5 Å². The van der Waals surface area contributed by atoms with Gasteiger partial charge in [-0.2, -0.15) is 0 Å². The van der Waals surface area contributed by atoms with Crippen LogP contribution < -0.4 is 15.4 Å². The van der Waals surface area contributed by atoms with E-state index in [0.717, 1.165) is 24.5 Å². The van der Waals surface area contributed by atoms with E-state index in [-0.39, 0.29) is 11.4 Å². The molecular formula is C15H22N2O2. The molecule has 4 heteroatoms. The van der Waals surface area contributed by atoms with Crippen molar-refractivity contribution in [1.82, 2.24) is 0 Å². The lowest BCUT2D eigenvalue weighted by Crippen LogP contribution is -2.46. The second-order valence-corrected chi connectivity index (χ2v) is 5.71. The van der Waals surface area contributed by atoms with Crippen molar-refractivity contribution in [2.75, 3.05) is 18.0 Å². The minimum atomic E-state index is -0.478. The Hall–Kier alpha value is -1.55. The standard InChI is InChI=1S/C15H22N2O2/c1-5-17-9-15(3,4)19-13-7-6-11(8-12(13)17)14(18)10(2)16/h6-8,10H,5,9,16H2,1-4H3. The normalized spacial score (nSPS) is 18.5. The molecule has 0 radical (unpaired) electrons. The maximum atomic E-state index is 12.0. The molecule has 1 aromatic rings. The van der Waals surface area contributed by atoms with E-state index >= 15 is 0 Å². The van der Waals surface area contributed by atoms with E-state index in [9.17, 15) is 4.79 Å². The molecule has 1 unspecified atom stereocenters. The molecule has 0 spiro atoms. The number of likely N-dealkylation sites (N-methyl/N-ethyl adjacent to an activating group) is 1. The van der Waals surface area contributed by atoms with Crippen LogP contribution in [0.5, 0.6) is 5.75 Å². The van der Waals surface area contributed by atoms with Gasteiger partial charge in [0.25, 0.3) is 0 Å². The summed E-state index contributed by atoms with van der Waals surface area (Å²) < 4.78 is 5.96. The molecule has 104 valence electrons. The van der Waals surface area contributed by atoms with Crippen LogP contribution in [0.2, 0.25) is 0 Å². The molecule has 1 aliphatic heterocycles. The number of nitrogens with two attached hydrogens (primary N) is 1. The summed E-state index contributed by atoms with van der Waals surface area (Å²) in [6.45, 7) is 9.64. The summed E-state index contributed by atoms with van der Waals surface area (Å²) in [5.74, 6) is 0.794. The number of ether oxygens (including phenoxy) is 1. The maximum Gasteiger partial charge on any atom is 0.179 e. The highest BCUT2D eigenvalue weighted by atomic mass is 16.5. The van der Waals surface area contributed by atoms with Gasteiger partial charge < -0.3 is 15.4 Å². The highest BCUT2D eigenvalue weighted by Gasteiger charge is 2.31. The third kappa shape index (κ3) is 2.73. The number of fused-ring (bicyclic) bond motifs is 1. The first-order valence-electron chi connectivity index (χ1n) is 6.72. The average molecular weight is 262 g/mol. The van der Waals surface area contributed by atoms with Crippen LogP contribution in [0.25, 0.3) is 0 Å². The summed E-state index contributed by atoms with van der Waals surface area (Å²) >= 11 is 0. The monoisotopic (exact) mass is 262 g/mol. The summed E-state index contributed by atoms with van der Waals surface area (Å²) in [6.07, 6.45) is 0. The van der Waals surface area contributed by atoms with Crippen LogP contribution in [0.3, 0.4) is 0 Å². The van der Waals surface area contributed by atoms with Crippen LogP contribution in [0.1, 0.15) is 38.1 Å². The molecule has 0 bridgehead atoms. The molecule has 0 amide bonds. The highest BCUT2D eigenvalue weighted by molar-refractivity contribution is 6.00. The molecule has 0 saturated heterocycles. The lowest BCUT2D eigenvalue weighted by Gasteiger charge is -2.40. The number of hydrogen-bond donors (Lipinski definition) is 1. The first-order valence-corrected chi connectivity index (χ1v) is 6.72. The highest BCUT2D eigenvalue weighted by Crippen LogP contribution is 2.37. The van der Waals surface area contributed by atoms with Gasteiger partial charge in [0, 0.05) is 12.1 Å². The molecule has 1 aliphatic rings. The molecule has 0 aromatic heterocycles. The predicted octanol–water partition coefficient (Wildman–Crippen LogP) is 2.21. The van der Waals surface area contributed by atoms with E-state index in [1.807, 2.05) is 12.1 Å². The van der Waals surface area contributed by atoms with Gasteiger partial charge in [-0.25, -0.2) is 0 Å². The van der Waals surface area contributed by atoms with Crippen molar-refractivity contribution in [1.29, 1.82) is 0 Å². The first kappa shape index (κ1) is 13.9. The Labute approximate surface area is 114 Å². The molecule has 2 N–H and O–H groups in total. The number of carbonyl (C=O) groups excluding carboxylic acids is 1. The molecule has 2 rings (SSSR count). The SMILES string of the molecule is CCN1CC(C)(C)Oc2ccc(C(=O)C(C)N)cc21. The molecule has 1 atom stereocenters. The van der Waals surface area contributed by atoms with Crippen molar-refractivity contribution < 1.29 is 9.53 Å². The third-order valence-corrected chi connectivity index (χ3v) is 3.34. The zero-order valence-electron chi connectivity index (χ0n) is 12.1. The summed E-state index contributed by atoms with van der Waals surface area (Å²) in [5.41, 5.74) is 7.08. The van der Waals surface area contributed by atoms with Gasteiger partial charge in [0.15, 0.2) is 5.78 Å². The van der Waals surface area contributed by atoms with Gasteiger partial charge in [0.1, 0.15) is 11.4 Å². The number of rotatable bonds is 3. The first-order chi connectivity index (χ1) is 8.84.